The predicted octanol–water partition coefficient (Wildman–Crippen LogP) is 5.40. The number of benzene rings is 1. The summed E-state index contributed by atoms with van der Waals surface area (Å²) in [6.45, 7) is 6.19. The zero-order valence-electron chi connectivity index (χ0n) is 10.8. The van der Waals surface area contributed by atoms with E-state index in [-0.39, 0.29) is 5.41 Å². The molecule has 0 fully saturated rings. The molecule has 0 atom stereocenters. The minimum absolute atomic E-state index is 0.119. The molecule has 0 radical (unpaired) electrons. The normalized spacial score (nSPS) is 11.7. The lowest BCUT2D eigenvalue weighted by Gasteiger charge is -2.18. The zero-order chi connectivity index (χ0) is 14.2. The maximum absolute atomic E-state index is 6.19. The highest BCUT2D eigenvalue weighted by Gasteiger charge is 2.19. The van der Waals surface area contributed by atoms with Gasteiger partial charge < -0.3 is 0 Å². The fraction of sp³-hybridized carbons (Fsp3) is 0.286. The van der Waals surface area contributed by atoms with Gasteiger partial charge in [0.25, 0.3) is 0 Å². The first-order valence-electron chi connectivity index (χ1n) is 5.78. The van der Waals surface area contributed by atoms with Crippen LogP contribution in [0.25, 0.3) is 11.4 Å². The molecule has 0 unspecified atom stereocenters. The minimum atomic E-state index is -0.119. The molecule has 0 saturated carbocycles. The largest absolute Gasteiger partial charge is 0.232 e. The molecule has 1 heterocycles. The molecule has 0 bridgehead atoms. The van der Waals surface area contributed by atoms with E-state index in [4.69, 9.17) is 34.8 Å². The monoisotopic (exact) mass is 314 g/mol. The Kier molecular flexibility index (Phi) is 4.05. The maximum atomic E-state index is 6.19. The van der Waals surface area contributed by atoms with Crippen LogP contribution in [0, 0.1) is 0 Å². The van der Waals surface area contributed by atoms with Crippen molar-refractivity contribution in [3.63, 3.8) is 0 Å². The summed E-state index contributed by atoms with van der Waals surface area (Å²) >= 11 is 18.3. The lowest BCUT2D eigenvalue weighted by molar-refractivity contribution is 0.568. The lowest BCUT2D eigenvalue weighted by Crippen LogP contribution is -2.14. The average molecular weight is 316 g/mol. The van der Waals surface area contributed by atoms with Gasteiger partial charge in [0.05, 0.1) is 15.7 Å². The molecule has 2 aromatic rings. The molecule has 0 spiro atoms. The third-order valence-corrected chi connectivity index (χ3v) is 3.67. The first kappa shape index (κ1) is 14.6. The Balaban J connectivity index is 2.63. The number of hydrogen-bond donors (Lipinski definition) is 0. The van der Waals surface area contributed by atoms with Crippen molar-refractivity contribution in [1.82, 2.24) is 9.97 Å². The van der Waals surface area contributed by atoms with E-state index in [0.29, 0.717) is 26.6 Å². The topological polar surface area (TPSA) is 25.8 Å². The summed E-state index contributed by atoms with van der Waals surface area (Å²) in [7, 11) is 0. The van der Waals surface area contributed by atoms with Gasteiger partial charge in [-0.05, 0) is 18.2 Å². The zero-order valence-corrected chi connectivity index (χ0v) is 13.1. The van der Waals surface area contributed by atoms with Crippen molar-refractivity contribution in [1.29, 1.82) is 0 Å². The fourth-order valence-electron chi connectivity index (χ4n) is 1.60. The molecule has 5 heteroatoms. The molecule has 19 heavy (non-hydrogen) atoms. The molecule has 1 aromatic carbocycles. The summed E-state index contributed by atoms with van der Waals surface area (Å²) in [5.41, 5.74) is 1.42. The molecule has 0 aliphatic heterocycles. The van der Waals surface area contributed by atoms with Gasteiger partial charge in [0.15, 0.2) is 5.82 Å². The SMILES string of the molecule is CC(C)(C)c1cc(Cl)nc(-c2cccc(Cl)c2Cl)n1. The van der Waals surface area contributed by atoms with Crippen molar-refractivity contribution in [2.75, 3.05) is 0 Å². The molecule has 0 aliphatic rings. The molecule has 0 amide bonds. The van der Waals surface area contributed by atoms with Crippen LogP contribution in [0.3, 0.4) is 0 Å². The van der Waals surface area contributed by atoms with E-state index >= 15 is 0 Å². The van der Waals surface area contributed by atoms with E-state index in [1.807, 2.05) is 12.1 Å². The van der Waals surface area contributed by atoms with Gasteiger partial charge >= 0.3 is 0 Å². The van der Waals surface area contributed by atoms with Crippen LogP contribution < -0.4 is 0 Å². The standard InChI is InChI=1S/C14H13Cl3N2/c1-14(2,3)10-7-11(16)19-13(18-10)8-5-4-6-9(15)12(8)17/h4-7H,1-3H3. The van der Waals surface area contributed by atoms with Crippen molar-refractivity contribution < 1.29 is 0 Å². The summed E-state index contributed by atoms with van der Waals surface area (Å²) in [6, 6.07) is 7.13. The van der Waals surface area contributed by atoms with Crippen LogP contribution in [0.1, 0.15) is 26.5 Å². The smallest absolute Gasteiger partial charge is 0.162 e. The summed E-state index contributed by atoms with van der Waals surface area (Å²) < 4.78 is 0. The van der Waals surface area contributed by atoms with E-state index in [1.165, 1.54) is 0 Å². The van der Waals surface area contributed by atoms with Gasteiger partial charge in [0, 0.05) is 11.0 Å². The summed E-state index contributed by atoms with van der Waals surface area (Å²) in [6.07, 6.45) is 0. The van der Waals surface area contributed by atoms with Crippen LogP contribution in [-0.2, 0) is 5.41 Å². The Morgan fingerprint density at radius 2 is 1.68 bits per heavy atom. The van der Waals surface area contributed by atoms with Crippen LogP contribution in [0.4, 0.5) is 0 Å². The molecule has 0 saturated heterocycles. The van der Waals surface area contributed by atoms with Crippen LogP contribution in [-0.4, -0.2) is 9.97 Å². The third kappa shape index (κ3) is 3.19. The second-order valence-corrected chi connectivity index (χ2v) is 6.42. The molecular formula is C14H13Cl3N2. The van der Waals surface area contributed by atoms with Crippen LogP contribution in [0.2, 0.25) is 15.2 Å². The van der Waals surface area contributed by atoms with Crippen molar-refractivity contribution in [3.8, 4) is 11.4 Å². The number of aromatic nitrogens is 2. The van der Waals surface area contributed by atoms with Gasteiger partial charge in [-0.3, -0.25) is 0 Å². The van der Waals surface area contributed by atoms with E-state index in [9.17, 15) is 0 Å². The summed E-state index contributed by atoms with van der Waals surface area (Å²) in [5.74, 6) is 0.491. The average Bonchev–Trinajstić information content (AvgIpc) is 2.31. The number of nitrogens with zero attached hydrogens (tertiary/aromatic N) is 2. The molecular weight excluding hydrogens is 303 g/mol. The van der Waals surface area contributed by atoms with Crippen LogP contribution >= 0.6 is 34.8 Å². The highest BCUT2D eigenvalue weighted by atomic mass is 35.5. The van der Waals surface area contributed by atoms with E-state index < -0.39 is 0 Å². The predicted molar refractivity (Wildman–Crippen MR) is 81.2 cm³/mol. The number of hydrogen-bond acceptors (Lipinski definition) is 2. The molecule has 0 aliphatic carbocycles. The number of halogens is 3. The number of rotatable bonds is 1. The molecule has 2 nitrogen and oxygen atoms in total. The second-order valence-electron chi connectivity index (χ2n) is 5.25. The van der Waals surface area contributed by atoms with Crippen molar-refractivity contribution in [2.45, 2.75) is 26.2 Å². The van der Waals surface area contributed by atoms with Gasteiger partial charge in [-0.1, -0.05) is 61.6 Å². The Bertz CT molecular complexity index is 619. The first-order valence-corrected chi connectivity index (χ1v) is 6.92. The maximum Gasteiger partial charge on any atom is 0.162 e. The Morgan fingerprint density at radius 1 is 1.00 bits per heavy atom. The van der Waals surface area contributed by atoms with Crippen molar-refractivity contribution in [3.05, 3.63) is 45.2 Å². The van der Waals surface area contributed by atoms with Crippen molar-refractivity contribution >= 4 is 34.8 Å². The van der Waals surface area contributed by atoms with Crippen LogP contribution in [0.15, 0.2) is 24.3 Å². The lowest BCUT2D eigenvalue weighted by atomic mass is 9.92. The quantitative estimate of drug-likeness (QED) is 0.658. The molecule has 100 valence electrons. The molecule has 1 aromatic heterocycles. The van der Waals surface area contributed by atoms with Gasteiger partial charge in [0.2, 0.25) is 0 Å². The van der Waals surface area contributed by atoms with Gasteiger partial charge in [-0.25, -0.2) is 9.97 Å². The van der Waals surface area contributed by atoms with E-state index in [2.05, 4.69) is 30.7 Å². The highest BCUT2D eigenvalue weighted by molar-refractivity contribution is 6.43. The van der Waals surface area contributed by atoms with Gasteiger partial charge in [-0.15, -0.1) is 0 Å². The third-order valence-electron chi connectivity index (χ3n) is 2.66. The minimum Gasteiger partial charge on any atom is -0.232 e. The van der Waals surface area contributed by atoms with Crippen molar-refractivity contribution in [2.24, 2.45) is 0 Å². The molecule has 0 N–H and O–H groups in total. The first-order chi connectivity index (χ1) is 8.79. The Labute approximate surface area is 127 Å². The fourth-order valence-corrected chi connectivity index (χ4v) is 2.17. The Hall–Kier alpha value is -0.830. The van der Waals surface area contributed by atoms with Gasteiger partial charge in [-0.2, -0.15) is 0 Å². The van der Waals surface area contributed by atoms with Gasteiger partial charge in [0.1, 0.15) is 5.15 Å². The molecule has 2 rings (SSSR count). The summed E-state index contributed by atoms with van der Waals surface area (Å²) in [4.78, 5) is 8.77. The second kappa shape index (κ2) is 5.28. The van der Waals surface area contributed by atoms with E-state index in [1.54, 1.807) is 12.1 Å². The summed E-state index contributed by atoms with van der Waals surface area (Å²) in [5, 5.41) is 1.30. The highest BCUT2D eigenvalue weighted by Crippen LogP contribution is 2.33. The van der Waals surface area contributed by atoms with E-state index in [0.717, 1.165) is 5.69 Å². The Morgan fingerprint density at radius 3 is 2.32 bits per heavy atom. The van der Waals surface area contributed by atoms with Crippen LogP contribution in [0.5, 0.6) is 0 Å².